The predicted octanol–water partition coefficient (Wildman–Crippen LogP) is 2.65. The van der Waals surface area contributed by atoms with E-state index in [0.29, 0.717) is 0 Å². The van der Waals surface area contributed by atoms with Crippen LogP contribution in [0.3, 0.4) is 0 Å². The summed E-state index contributed by atoms with van der Waals surface area (Å²) in [6.45, 7) is 0. The Labute approximate surface area is 106 Å². The van der Waals surface area contributed by atoms with E-state index in [1.54, 1.807) is 24.3 Å². The van der Waals surface area contributed by atoms with Crippen LogP contribution in [-0.2, 0) is 10.0 Å². The van der Waals surface area contributed by atoms with E-state index < -0.39 is 15.8 Å². The average Bonchev–Trinajstić information content (AvgIpc) is 2.39. The van der Waals surface area contributed by atoms with Gasteiger partial charge in [-0.2, -0.15) is 0 Å². The molecule has 18 heavy (non-hydrogen) atoms. The van der Waals surface area contributed by atoms with Crippen molar-refractivity contribution in [1.82, 2.24) is 0 Å². The fraction of sp³-hybridized carbons (Fsp3) is 0.0769. The van der Waals surface area contributed by atoms with E-state index in [9.17, 15) is 12.8 Å². The van der Waals surface area contributed by atoms with Crippen molar-refractivity contribution in [2.24, 2.45) is 0 Å². The molecule has 0 N–H and O–H groups in total. The summed E-state index contributed by atoms with van der Waals surface area (Å²) in [7, 11) is -2.39. The highest BCUT2D eigenvalue weighted by Gasteiger charge is 2.22. The van der Waals surface area contributed by atoms with Crippen LogP contribution in [-0.4, -0.2) is 15.5 Å². The second-order valence-electron chi connectivity index (χ2n) is 3.74. The Morgan fingerprint density at radius 2 is 1.50 bits per heavy atom. The number of halogens is 1. The van der Waals surface area contributed by atoms with Gasteiger partial charge in [-0.3, -0.25) is 4.31 Å². The number of nitrogens with zero attached hydrogens (tertiary/aromatic N) is 1. The van der Waals surface area contributed by atoms with Crippen molar-refractivity contribution in [1.29, 1.82) is 0 Å². The Balaban J connectivity index is 2.47. The first-order chi connectivity index (χ1) is 8.53. The third-order valence-corrected chi connectivity index (χ3v) is 4.38. The van der Waals surface area contributed by atoms with Crippen molar-refractivity contribution in [3.05, 3.63) is 60.4 Å². The molecular formula is C13H12FNO2S. The number of rotatable bonds is 3. The standard InChI is InChI=1S/C13H12FNO2S/c1-15(13-10-6-5-9-12(13)14)18(16,17)11-7-3-2-4-8-11/h2-10H,1H3. The molecule has 0 unspecified atom stereocenters. The molecule has 0 fully saturated rings. The van der Waals surface area contributed by atoms with Gasteiger partial charge in [-0.1, -0.05) is 30.3 Å². The number of para-hydroxylation sites is 1. The summed E-state index contributed by atoms with van der Waals surface area (Å²) >= 11 is 0. The number of benzene rings is 2. The summed E-state index contributed by atoms with van der Waals surface area (Å²) in [6, 6.07) is 13.7. The van der Waals surface area contributed by atoms with Gasteiger partial charge in [-0.25, -0.2) is 12.8 Å². The van der Waals surface area contributed by atoms with E-state index in [1.807, 2.05) is 0 Å². The van der Waals surface area contributed by atoms with Gasteiger partial charge in [0.1, 0.15) is 5.82 Å². The molecule has 0 radical (unpaired) electrons. The molecule has 2 rings (SSSR count). The second kappa shape index (κ2) is 4.78. The molecule has 0 saturated heterocycles. The lowest BCUT2D eigenvalue weighted by Crippen LogP contribution is -2.27. The van der Waals surface area contributed by atoms with Gasteiger partial charge in [-0.05, 0) is 24.3 Å². The largest absolute Gasteiger partial charge is 0.266 e. The molecule has 0 amide bonds. The van der Waals surface area contributed by atoms with Gasteiger partial charge in [0.25, 0.3) is 10.0 Å². The zero-order valence-electron chi connectivity index (χ0n) is 9.75. The van der Waals surface area contributed by atoms with Crippen LogP contribution in [0.4, 0.5) is 10.1 Å². The molecule has 0 bridgehead atoms. The molecular weight excluding hydrogens is 253 g/mol. The lowest BCUT2D eigenvalue weighted by Gasteiger charge is -2.19. The van der Waals surface area contributed by atoms with Gasteiger partial charge >= 0.3 is 0 Å². The van der Waals surface area contributed by atoms with E-state index >= 15 is 0 Å². The maximum Gasteiger partial charge on any atom is 0.264 e. The molecule has 2 aromatic rings. The maximum atomic E-state index is 13.6. The Kier molecular flexibility index (Phi) is 3.34. The Morgan fingerprint density at radius 3 is 2.11 bits per heavy atom. The van der Waals surface area contributed by atoms with Crippen LogP contribution in [0.5, 0.6) is 0 Å². The van der Waals surface area contributed by atoms with Crippen LogP contribution in [0.15, 0.2) is 59.5 Å². The first-order valence-corrected chi connectivity index (χ1v) is 6.76. The van der Waals surface area contributed by atoms with Crippen molar-refractivity contribution in [2.45, 2.75) is 4.90 Å². The Morgan fingerprint density at radius 1 is 0.944 bits per heavy atom. The Hall–Kier alpha value is -1.88. The fourth-order valence-electron chi connectivity index (χ4n) is 1.59. The maximum absolute atomic E-state index is 13.6. The van der Waals surface area contributed by atoms with Crippen molar-refractivity contribution < 1.29 is 12.8 Å². The minimum atomic E-state index is -3.72. The SMILES string of the molecule is CN(c1ccccc1F)S(=O)(=O)c1ccccc1. The minimum Gasteiger partial charge on any atom is -0.266 e. The van der Waals surface area contributed by atoms with E-state index in [0.717, 1.165) is 4.31 Å². The van der Waals surface area contributed by atoms with Crippen LogP contribution in [0.1, 0.15) is 0 Å². The second-order valence-corrected chi connectivity index (χ2v) is 5.71. The summed E-state index contributed by atoms with van der Waals surface area (Å²) in [5, 5.41) is 0. The molecule has 0 aliphatic carbocycles. The summed E-state index contributed by atoms with van der Waals surface area (Å²) in [5.74, 6) is -0.570. The molecule has 3 nitrogen and oxygen atoms in total. The van der Waals surface area contributed by atoms with Crippen LogP contribution in [0.25, 0.3) is 0 Å². The third-order valence-electron chi connectivity index (χ3n) is 2.59. The average molecular weight is 265 g/mol. The van der Waals surface area contributed by atoms with Crippen molar-refractivity contribution in [3.63, 3.8) is 0 Å². The summed E-state index contributed by atoms with van der Waals surface area (Å²) in [6.07, 6.45) is 0. The molecule has 0 aliphatic rings. The normalized spacial score (nSPS) is 11.2. The quantitative estimate of drug-likeness (QED) is 0.855. The Bertz CT molecular complexity index is 641. The van der Waals surface area contributed by atoms with E-state index in [4.69, 9.17) is 0 Å². The van der Waals surface area contributed by atoms with Crippen molar-refractivity contribution >= 4 is 15.7 Å². The van der Waals surface area contributed by atoms with Gasteiger partial charge in [0, 0.05) is 7.05 Å². The molecule has 0 aromatic heterocycles. The number of anilines is 1. The first kappa shape index (κ1) is 12.6. The lowest BCUT2D eigenvalue weighted by molar-refractivity contribution is 0.589. The number of hydrogen-bond donors (Lipinski definition) is 0. The molecule has 0 aliphatic heterocycles. The molecule has 2 aromatic carbocycles. The monoisotopic (exact) mass is 265 g/mol. The van der Waals surface area contributed by atoms with Crippen LogP contribution in [0.2, 0.25) is 0 Å². The molecule has 5 heteroatoms. The predicted molar refractivity (Wildman–Crippen MR) is 68.4 cm³/mol. The van der Waals surface area contributed by atoms with Gasteiger partial charge in [0.15, 0.2) is 0 Å². The number of sulfonamides is 1. The van der Waals surface area contributed by atoms with Gasteiger partial charge in [0.2, 0.25) is 0 Å². The first-order valence-electron chi connectivity index (χ1n) is 5.32. The van der Waals surface area contributed by atoms with Gasteiger partial charge in [0.05, 0.1) is 10.6 Å². The van der Waals surface area contributed by atoms with Crippen LogP contribution < -0.4 is 4.31 Å². The summed E-state index contributed by atoms with van der Waals surface area (Å²) in [5.41, 5.74) is 0.0290. The van der Waals surface area contributed by atoms with E-state index in [2.05, 4.69) is 0 Å². The zero-order valence-corrected chi connectivity index (χ0v) is 10.6. The van der Waals surface area contributed by atoms with Gasteiger partial charge in [-0.15, -0.1) is 0 Å². The highest BCUT2D eigenvalue weighted by Crippen LogP contribution is 2.23. The van der Waals surface area contributed by atoms with Crippen molar-refractivity contribution in [2.75, 3.05) is 11.4 Å². The van der Waals surface area contributed by atoms with Crippen LogP contribution in [0, 0.1) is 5.82 Å². The minimum absolute atomic E-state index is 0.0290. The molecule has 0 atom stereocenters. The topological polar surface area (TPSA) is 37.4 Å². The highest BCUT2D eigenvalue weighted by atomic mass is 32.2. The molecule has 0 heterocycles. The third kappa shape index (κ3) is 2.22. The van der Waals surface area contributed by atoms with Gasteiger partial charge < -0.3 is 0 Å². The number of hydrogen-bond acceptors (Lipinski definition) is 2. The summed E-state index contributed by atoms with van der Waals surface area (Å²) in [4.78, 5) is 0.135. The van der Waals surface area contributed by atoms with Crippen molar-refractivity contribution in [3.8, 4) is 0 Å². The van der Waals surface area contributed by atoms with E-state index in [-0.39, 0.29) is 10.6 Å². The highest BCUT2D eigenvalue weighted by molar-refractivity contribution is 7.92. The molecule has 0 saturated carbocycles. The zero-order chi connectivity index (χ0) is 13.2. The fourth-order valence-corrected chi connectivity index (χ4v) is 2.81. The molecule has 0 spiro atoms. The lowest BCUT2D eigenvalue weighted by atomic mass is 10.3. The van der Waals surface area contributed by atoms with Crippen LogP contribution >= 0.6 is 0 Å². The van der Waals surface area contributed by atoms with E-state index in [1.165, 1.54) is 37.4 Å². The molecule has 94 valence electrons. The summed E-state index contributed by atoms with van der Waals surface area (Å²) < 4.78 is 39.0. The smallest absolute Gasteiger partial charge is 0.264 e.